The first-order valence-electron chi connectivity index (χ1n) is 7.69. The van der Waals surface area contributed by atoms with Crippen LogP contribution in [0.15, 0.2) is 59.5 Å². The predicted molar refractivity (Wildman–Crippen MR) is 93.4 cm³/mol. The summed E-state index contributed by atoms with van der Waals surface area (Å²) >= 11 is 0.892. The Morgan fingerprint density at radius 2 is 2.00 bits per heavy atom. The Bertz CT molecular complexity index is 958. The van der Waals surface area contributed by atoms with E-state index in [0.29, 0.717) is 28.8 Å². The van der Waals surface area contributed by atoms with E-state index in [2.05, 4.69) is 26.7 Å². The highest BCUT2D eigenvalue weighted by Crippen LogP contribution is 2.33. The van der Waals surface area contributed by atoms with Crippen LogP contribution in [0.1, 0.15) is 5.69 Å². The number of hydrogen-bond donors (Lipinski definition) is 0. The molecule has 27 heavy (non-hydrogen) atoms. The third kappa shape index (κ3) is 4.11. The molecule has 0 radical (unpaired) electrons. The maximum Gasteiger partial charge on any atom is 0.433 e. The van der Waals surface area contributed by atoms with Crippen LogP contribution in [0.5, 0.6) is 5.75 Å². The van der Waals surface area contributed by atoms with Crippen molar-refractivity contribution in [1.29, 1.82) is 0 Å². The fraction of sp³-hybridized carbons (Fsp3) is 0.176. The van der Waals surface area contributed by atoms with Crippen molar-refractivity contribution in [2.75, 3.05) is 7.11 Å². The van der Waals surface area contributed by atoms with E-state index >= 15 is 0 Å². The molecule has 0 fully saturated rings. The number of halogens is 3. The predicted octanol–water partition coefficient (Wildman–Crippen LogP) is 4.10. The second-order valence-corrected chi connectivity index (χ2v) is 6.16. The molecule has 0 aliphatic rings. The van der Waals surface area contributed by atoms with Crippen molar-refractivity contribution < 1.29 is 17.9 Å². The summed E-state index contributed by atoms with van der Waals surface area (Å²) < 4.78 is 45.6. The standard InChI is InChI=1S/C17H14F3N5OS/c1-3-10-25-14(11-6-4-5-7-12(11)26-2)23-24-16(25)27-15-21-9-8-13(22-15)17(18,19)20/h3-9H,1,10H2,2H3. The Morgan fingerprint density at radius 3 is 2.70 bits per heavy atom. The van der Waals surface area contributed by atoms with E-state index in [-0.39, 0.29) is 5.16 Å². The molecule has 3 aromatic rings. The Labute approximate surface area is 157 Å². The zero-order chi connectivity index (χ0) is 19.4. The van der Waals surface area contributed by atoms with E-state index in [1.165, 1.54) is 0 Å². The zero-order valence-corrected chi connectivity index (χ0v) is 15.0. The number of ether oxygens (including phenoxy) is 1. The first-order chi connectivity index (χ1) is 12.9. The normalized spacial score (nSPS) is 11.4. The Hall–Kier alpha value is -2.88. The second kappa shape index (κ2) is 7.78. The summed E-state index contributed by atoms with van der Waals surface area (Å²) in [5.41, 5.74) is -0.314. The van der Waals surface area contributed by atoms with Crippen LogP contribution in [0.3, 0.4) is 0 Å². The third-order valence-corrected chi connectivity index (χ3v) is 4.35. The largest absolute Gasteiger partial charge is 0.496 e. The maximum absolute atomic E-state index is 12.9. The summed E-state index contributed by atoms with van der Waals surface area (Å²) in [5.74, 6) is 1.10. The van der Waals surface area contributed by atoms with Crippen LogP contribution in [0.2, 0.25) is 0 Å². The number of benzene rings is 1. The van der Waals surface area contributed by atoms with E-state index < -0.39 is 11.9 Å². The number of rotatable bonds is 6. The molecule has 140 valence electrons. The molecular weight excluding hydrogens is 379 g/mol. The smallest absolute Gasteiger partial charge is 0.433 e. The lowest BCUT2D eigenvalue weighted by molar-refractivity contribution is -0.141. The molecule has 3 rings (SSSR count). The van der Waals surface area contributed by atoms with E-state index in [1.807, 2.05) is 18.2 Å². The molecule has 6 nitrogen and oxygen atoms in total. The summed E-state index contributed by atoms with van der Waals surface area (Å²) in [7, 11) is 1.54. The van der Waals surface area contributed by atoms with Gasteiger partial charge in [0.25, 0.3) is 0 Å². The first kappa shape index (κ1) is 18.9. The first-order valence-corrected chi connectivity index (χ1v) is 8.51. The molecule has 2 heterocycles. The van der Waals surface area contributed by atoms with E-state index in [0.717, 1.165) is 24.0 Å². The van der Waals surface area contributed by atoms with Crippen molar-refractivity contribution in [3.63, 3.8) is 0 Å². The molecule has 1 aromatic carbocycles. The molecule has 10 heteroatoms. The fourth-order valence-electron chi connectivity index (χ4n) is 2.32. The van der Waals surface area contributed by atoms with Gasteiger partial charge >= 0.3 is 6.18 Å². The quantitative estimate of drug-likeness (QED) is 0.464. The van der Waals surface area contributed by atoms with Crippen molar-refractivity contribution in [1.82, 2.24) is 24.7 Å². The summed E-state index contributed by atoms with van der Waals surface area (Å²) in [4.78, 5) is 7.44. The lowest BCUT2D eigenvalue weighted by Crippen LogP contribution is -2.09. The molecule has 0 atom stereocenters. The topological polar surface area (TPSA) is 65.7 Å². The third-order valence-electron chi connectivity index (χ3n) is 3.48. The van der Waals surface area contributed by atoms with Gasteiger partial charge in [-0.05, 0) is 30.0 Å². The van der Waals surface area contributed by atoms with Gasteiger partial charge < -0.3 is 4.74 Å². The highest BCUT2D eigenvalue weighted by Gasteiger charge is 2.33. The minimum absolute atomic E-state index is 0.0749. The molecule has 0 amide bonds. The van der Waals surface area contributed by atoms with Crippen molar-refractivity contribution >= 4 is 11.8 Å². The summed E-state index contributed by atoms with van der Waals surface area (Å²) in [6.45, 7) is 4.06. The summed E-state index contributed by atoms with van der Waals surface area (Å²) in [5, 5.41) is 8.52. The van der Waals surface area contributed by atoms with Crippen LogP contribution < -0.4 is 4.74 Å². The van der Waals surface area contributed by atoms with E-state index in [1.54, 1.807) is 23.8 Å². The number of para-hydroxylation sites is 1. The van der Waals surface area contributed by atoms with Crippen molar-refractivity contribution in [3.05, 3.63) is 54.9 Å². The van der Waals surface area contributed by atoms with Gasteiger partial charge in [-0.2, -0.15) is 13.2 Å². The summed E-state index contributed by atoms with van der Waals surface area (Å²) in [6.07, 6.45) is -1.84. The van der Waals surface area contributed by atoms with Crippen LogP contribution in [-0.4, -0.2) is 31.8 Å². The molecule has 0 N–H and O–H groups in total. The Kier molecular flexibility index (Phi) is 5.45. The van der Waals surface area contributed by atoms with Gasteiger partial charge in [0, 0.05) is 12.7 Å². The Morgan fingerprint density at radius 1 is 1.22 bits per heavy atom. The second-order valence-electron chi connectivity index (χ2n) is 5.23. The van der Waals surface area contributed by atoms with Crippen LogP contribution in [-0.2, 0) is 12.7 Å². The monoisotopic (exact) mass is 393 g/mol. The van der Waals surface area contributed by atoms with Crippen molar-refractivity contribution in [2.24, 2.45) is 0 Å². The average molecular weight is 393 g/mol. The number of hydrogen-bond acceptors (Lipinski definition) is 6. The highest BCUT2D eigenvalue weighted by molar-refractivity contribution is 7.99. The lowest BCUT2D eigenvalue weighted by Gasteiger charge is -2.10. The van der Waals surface area contributed by atoms with Crippen LogP contribution in [0.25, 0.3) is 11.4 Å². The van der Waals surface area contributed by atoms with Crippen LogP contribution in [0, 0.1) is 0 Å². The molecule has 2 aromatic heterocycles. The molecule has 0 aliphatic heterocycles. The number of methoxy groups -OCH3 is 1. The van der Waals surface area contributed by atoms with Crippen LogP contribution in [0.4, 0.5) is 13.2 Å². The zero-order valence-electron chi connectivity index (χ0n) is 14.1. The molecule has 0 saturated carbocycles. The van der Waals surface area contributed by atoms with Gasteiger partial charge in [-0.25, -0.2) is 9.97 Å². The molecular formula is C17H14F3N5OS. The molecule has 0 saturated heterocycles. The van der Waals surface area contributed by atoms with Crippen LogP contribution >= 0.6 is 11.8 Å². The molecule has 0 spiro atoms. The lowest BCUT2D eigenvalue weighted by atomic mass is 10.2. The highest BCUT2D eigenvalue weighted by atomic mass is 32.2. The molecule has 0 aliphatic carbocycles. The minimum Gasteiger partial charge on any atom is -0.496 e. The molecule has 0 unspecified atom stereocenters. The fourth-order valence-corrected chi connectivity index (χ4v) is 3.09. The number of alkyl halides is 3. The van der Waals surface area contributed by atoms with Gasteiger partial charge in [0.15, 0.2) is 16.1 Å². The van der Waals surface area contributed by atoms with Gasteiger partial charge in [0.2, 0.25) is 0 Å². The number of allylic oxidation sites excluding steroid dienone is 1. The van der Waals surface area contributed by atoms with E-state index in [9.17, 15) is 13.2 Å². The number of nitrogens with zero attached hydrogens (tertiary/aromatic N) is 5. The van der Waals surface area contributed by atoms with Gasteiger partial charge in [0.1, 0.15) is 11.4 Å². The van der Waals surface area contributed by atoms with Crippen molar-refractivity contribution in [3.8, 4) is 17.1 Å². The average Bonchev–Trinajstić information content (AvgIpc) is 3.04. The number of aromatic nitrogens is 5. The van der Waals surface area contributed by atoms with Gasteiger partial charge in [0.05, 0.1) is 12.7 Å². The summed E-state index contributed by atoms with van der Waals surface area (Å²) in [6, 6.07) is 8.07. The minimum atomic E-state index is -4.55. The SMILES string of the molecule is C=CCn1c(Sc2nccc(C(F)(F)F)n2)nnc1-c1ccccc1OC. The van der Waals surface area contributed by atoms with Gasteiger partial charge in [-0.1, -0.05) is 18.2 Å². The van der Waals surface area contributed by atoms with Gasteiger partial charge in [-0.15, -0.1) is 16.8 Å². The molecule has 0 bridgehead atoms. The Balaban J connectivity index is 2.00. The van der Waals surface area contributed by atoms with Gasteiger partial charge in [-0.3, -0.25) is 4.57 Å². The van der Waals surface area contributed by atoms with Crippen molar-refractivity contribution in [2.45, 2.75) is 23.0 Å². The van der Waals surface area contributed by atoms with E-state index in [4.69, 9.17) is 4.74 Å². The maximum atomic E-state index is 12.9.